The van der Waals surface area contributed by atoms with Gasteiger partial charge in [0.25, 0.3) is 0 Å². The third-order valence-electron chi connectivity index (χ3n) is 3.25. The summed E-state index contributed by atoms with van der Waals surface area (Å²) in [5.74, 6) is 0. The molecular formula is C12H27N3. The Hall–Kier alpha value is -0.120. The fourth-order valence-electron chi connectivity index (χ4n) is 2.40. The van der Waals surface area contributed by atoms with Gasteiger partial charge in [0, 0.05) is 32.2 Å². The van der Waals surface area contributed by atoms with Crippen LogP contribution < -0.4 is 10.6 Å². The maximum atomic E-state index is 3.42. The van der Waals surface area contributed by atoms with Gasteiger partial charge in [-0.15, -0.1) is 0 Å². The molecule has 0 aliphatic carbocycles. The van der Waals surface area contributed by atoms with Crippen molar-refractivity contribution >= 4 is 0 Å². The SMILES string of the molecule is CCCC(CCCNC)N1CCNCC1. The first-order valence-electron chi connectivity index (χ1n) is 6.47. The maximum absolute atomic E-state index is 3.42. The van der Waals surface area contributed by atoms with Crippen LogP contribution in [0, 0.1) is 0 Å². The first kappa shape index (κ1) is 12.9. The van der Waals surface area contributed by atoms with Crippen molar-refractivity contribution in [1.29, 1.82) is 0 Å². The summed E-state index contributed by atoms with van der Waals surface area (Å²) in [6, 6.07) is 0.824. The minimum Gasteiger partial charge on any atom is -0.320 e. The van der Waals surface area contributed by atoms with Crippen molar-refractivity contribution in [3.05, 3.63) is 0 Å². The lowest BCUT2D eigenvalue weighted by atomic mass is 10.0. The molecule has 1 atom stereocenters. The lowest BCUT2D eigenvalue weighted by molar-refractivity contribution is 0.154. The molecule has 0 aromatic rings. The Balaban J connectivity index is 2.26. The van der Waals surface area contributed by atoms with Crippen molar-refractivity contribution in [3.63, 3.8) is 0 Å². The van der Waals surface area contributed by atoms with Crippen LogP contribution in [-0.2, 0) is 0 Å². The molecule has 3 heteroatoms. The largest absolute Gasteiger partial charge is 0.320 e. The molecule has 15 heavy (non-hydrogen) atoms. The number of hydrogen-bond donors (Lipinski definition) is 2. The van der Waals surface area contributed by atoms with Crippen LogP contribution >= 0.6 is 0 Å². The first-order chi connectivity index (χ1) is 7.38. The van der Waals surface area contributed by atoms with E-state index in [1.165, 1.54) is 51.9 Å². The lowest BCUT2D eigenvalue weighted by Gasteiger charge is -2.35. The second-order valence-corrected chi connectivity index (χ2v) is 4.47. The highest BCUT2D eigenvalue weighted by Crippen LogP contribution is 2.13. The molecule has 1 heterocycles. The van der Waals surface area contributed by atoms with Crippen molar-refractivity contribution < 1.29 is 0 Å². The summed E-state index contributed by atoms with van der Waals surface area (Å²) in [7, 11) is 2.04. The number of rotatable bonds is 7. The molecule has 1 unspecified atom stereocenters. The summed E-state index contributed by atoms with van der Waals surface area (Å²) in [5, 5.41) is 6.66. The fraction of sp³-hybridized carbons (Fsp3) is 1.00. The van der Waals surface area contributed by atoms with E-state index in [0.717, 1.165) is 12.6 Å². The van der Waals surface area contributed by atoms with Gasteiger partial charge >= 0.3 is 0 Å². The molecule has 1 aliphatic heterocycles. The molecule has 1 saturated heterocycles. The van der Waals surface area contributed by atoms with E-state index >= 15 is 0 Å². The molecule has 0 aromatic heterocycles. The van der Waals surface area contributed by atoms with Crippen LogP contribution in [0.15, 0.2) is 0 Å². The third-order valence-corrected chi connectivity index (χ3v) is 3.25. The van der Waals surface area contributed by atoms with Crippen LogP contribution in [0.5, 0.6) is 0 Å². The van der Waals surface area contributed by atoms with Crippen LogP contribution in [0.1, 0.15) is 32.6 Å². The number of nitrogens with zero attached hydrogens (tertiary/aromatic N) is 1. The zero-order chi connectivity index (χ0) is 10.9. The molecular weight excluding hydrogens is 186 g/mol. The summed E-state index contributed by atoms with van der Waals surface area (Å²) < 4.78 is 0. The van der Waals surface area contributed by atoms with Crippen molar-refractivity contribution in [2.24, 2.45) is 0 Å². The van der Waals surface area contributed by atoms with Crippen molar-refractivity contribution in [1.82, 2.24) is 15.5 Å². The Labute approximate surface area is 94.6 Å². The Morgan fingerprint density at radius 2 is 2.00 bits per heavy atom. The molecule has 90 valence electrons. The minimum atomic E-state index is 0.824. The molecule has 1 aliphatic rings. The fourth-order valence-corrected chi connectivity index (χ4v) is 2.40. The topological polar surface area (TPSA) is 27.3 Å². The van der Waals surface area contributed by atoms with E-state index in [9.17, 15) is 0 Å². The Kier molecular flexibility index (Phi) is 6.98. The Bertz CT molecular complexity index is 144. The summed E-state index contributed by atoms with van der Waals surface area (Å²) in [5.41, 5.74) is 0. The van der Waals surface area contributed by atoms with Gasteiger partial charge < -0.3 is 10.6 Å². The average molecular weight is 213 g/mol. The van der Waals surface area contributed by atoms with Gasteiger partial charge in [-0.05, 0) is 32.9 Å². The molecule has 1 fully saturated rings. The van der Waals surface area contributed by atoms with Crippen LogP contribution in [0.25, 0.3) is 0 Å². The summed E-state index contributed by atoms with van der Waals surface area (Å²) in [6.45, 7) is 8.28. The molecule has 0 spiro atoms. The molecule has 0 saturated carbocycles. The average Bonchev–Trinajstić information content (AvgIpc) is 2.29. The van der Waals surface area contributed by atoms with Gasteiger partial charge in [0.15, 0.2) is 0 Å². The van der Waals surface area contributed by atoms with Crippen LogP contribution in [-0.4, -0.2) is 50.7 Å². The van der Waals surface area contributed by atoms with Crippen molar-refractivity contribution in [2.75, 3.05) is 39.8 Å². The highest BCUT2D eigenvalue weighted by molar-refractivity contribution is 4.76. The zero-order valence-electron chi connectivity index (χ0n) is 10.4. The molecule has 0 radical (unpaired) electrons. The highest BCUT2D eigenvalue weighted by Gasteiger charge is 2.18. The molecule has 0 amide bonds. The molecule has 0 aromatic carbocycles. The summed E-state index contributed by atoms with van der Waals surface area (Å²) in [6.07, 6.45) is 5.34. The highest BCUT2D eigenvalue weighted by atomic mass is 15.2. The predicted molar refractivity (Wildman–Crippen MR) is 66.3 cm³/mol. The van der Waals surface area contributed by atoms with Gasteiger partial charge in [-0.1, -0.05) is 13.3 Å². The van der Waals surface area contributed by atoms with E-state index in [0.29, 0.717) is 0 Å². The van der Waals surface area contributed by atoms with Crippen LogP contribution in [0.3, 0.4) is 0 Å². The molecule has 3 nitrogen and oxygen atoms in total. The van der Waals surface area contributed by atoms with E-state index in [4.69, 9.17) is 0 Å². The van der Waals surface area contributed by atoms with Crippen LogP contribution in [0.2, 0.25) is 0 Å². The second-order valence-electron chi connectivity index (χ2n) is 4.47. The van der Waals surface area contributed by atoms with Crippen molar-refractivity contribution in [3.8, 4) is 0 Å². The predicted octanol–water partition coefficient (Wildman–Crippen LogP) is 1.06. The van der Waals surface area contributed by atoms with Crippen molar-refractivity contribution in [2.45, 2.75) is 38.6 Å². The lowest BCUT2D eigenvalue weighted by Crippen LogP contribution is -2.48. The number of piperazine rings is 1. The summed E-state index contributed by atoms with van der Waals surface area (Å²) in [4.78, 5) is 2.68. The minimum absolute atomic E-state index is 0.824. The number of nitrogens with one attached hydrogen (secondary N) is 2. The third kappa shape index (κ3) is 4.96. The molecule has 2 N–H and O–H groups in total. The molecule has 1 rings (SSSR count). The Morgan fingerprint density at radius 1 is 1.27 bits per heavy atom. The maximum Gasteiger partial charge on any atom is 0.0110 e. The van der Waals surface area contributed by atoms with Gasteiger partial charge in [0.1, 0.15) is 0 Å². The number of hydrogen-bond acceptors (Lipinski definition) is 3. The first-order valence-corrected chi connectivity index (χ1v) is 6.47. The standard InChI is InChI=1S/C12H27N3/c1-3-5-12(6-4-7-13-2)15-10-8-14-9-11-15/h12-14H,3-11H2,1-2H3. The van der Waals surface area contributed by atoms with Gasteiger partial charge in [-0.2, -0.15) is 0 Å². The van der Waals surface area contributed by atoms with Gasteiger partial charge in [0.05, 0.1) is 0 Å². The van der Waals surface area contributed by atoms with Gasteiger partial charge in [-0.3, -0.25) is 4.90 Å². The Morgan fingerprint density at radius 3 is 2.60 bits per heavy atom. The van der Waals surface area contributed by atoms with E-state index in [-0.39, 0.29) is 0 Å². The van der Waals surface area contributed by atoms with Gasteiger partial charge in [0.2, 0.25) is 0 Å². The molecule has 0 bridgehead atoms. The van der Waals surface area contributed by atoms with E-state index in [1.807, 2.05) is 7.05 Å². The zero-order valence-corrected chi connectivity index (χ0v) is 10.4. The smallest absolute Gasteiger partial charge is 0.0110 e. The second kappa shape index (κ2) is 8.08. The monoisotopic (exact) mass is 213 g/mol. The normalized spacial score (nSPS) is 20.4. The van der Waals surface area contributed by atoms with E-state index < -0.39 is 0 Å². The summed E-state index contributed by atoms with van der Waals surface area (Å²) >= 11 is 0. The quantitative estimate of drug-likeness (QED) is 0.619. The van der Waals surface area contributed by atoms with E-state index in [2.05, 4.69) is 22.5 Å². The van der Waals surface area contributed by atoms with Crippen LogP contribution in [0.4, 0.5) is 0 Å². The van der Waals surface area contributed by atoms with Gasteiger partial charge in [-0.25, -0.2) is 0 Å². The van der Waals surface area contributed by atoms with E-state index in [1.54, 1.807) is 0 Å².